The highest BCUT2D eigenvalue weighted by Crippen LogP contribution is 2.23. The van der Waals surface area contributed by atoms with Crippen LogP contribution in [-0.4, -0.2) is 39.1 Å². The van der Waals surface area contributed by atoms with Gasteiger partial charge in [-0.1, -0.05) is 12.1 Å². The Morgan fingerprint density at radius 2 is 2.14 bits per heavy atom. The van der Waals surface area contributed by atoms with Crippen molar-refractivity contribution >= 4 is 21.6 Å². The van der Waals surface area contributed by atoms with Crippen molar-refractivity contribution in [3.63, 3.8) is 0 Å². The topological polar surface area (TPSA) is 84.5 Å². The van der Waals surface area contributed by atoms with Crippen LogP contribution in [0.4, 0.5) is 10.5 Å². The number of hydrogen-bond donors (Lipinski definition) is 2. The van der Waals surface area contributed by atoms with Gasteiger partial charge in [-0.25, -0.2) is 13.2 Å². The van der Waals surface area contributed by atoms with Gasteiger partial charge in [0.25, 0.3) is 0 Å². The summed E-state index contributed by atoms with van der Waals surface area (Å²) in [4.78, 5) is 11.9. The molecule has 1 aromatic rings. The van der Waals surface area contributed by atoms with Gasteiger partial charge in [0.1, 0.15) is 5.75 Å². The fourth-order valence-corrected chi connectivity index (χ4v) is 4.15. The van der Waals surface area contributed by atoms with Crippen LogP contribution in [0.2, 0.25) is 0 Å². The molecule has 2 rings (SSSR count). The quantitative estimate of drug-likeness (QED) is 0.865. The van der Waals surface area contributed by atoms with E-state index in [1.165, 1.54) is 0 Å². The summed E-state index contributed by atoms with van der Waals surface area (Å²) in [6, 6.07) is 6.82. The number of amides is 2. The summed E-state index contributed by atoms with van der Waals surface area (Å²) in [5.74, 6) is 0.984. The van der Waals surface area contributed by atoms with Crippen molar-refractivity contribution in [1.29, 1.82) is 0 Å². The van der Waals surface area contributed by atoms with Crippen molar-refractivity contribution in [3.05, 3.63) is 24.3 Å². The highest BCUT2D eigenvalue weighted by Gasteiger charge is 2.27. The molecule has 0 unspecified atom stereocenters. The molecule has 1 fully saturated rings. The Kier molecular flexibility index (Phi) is 5.06. The number of urea groups is 1. The summed E-state index contributed by atoms with van der Waals surface area (Å²) in [5, 5.41) is 5.43. The summed E-state index contributed by atoms with van der Waals surface area (Å²) in [5.41, 5.74) is 0.593. The number of carbonyl (C=O) groups excluding carboxylic acids is 1. The van der Waals surface area contributed by atoms with Gasteiger partial charge in [0.2, 0.25) is 0 Å². The summed E-state index contributed by atoms with van der Waals surface area (Å²) >= 11 is 0. The van der Waals surface area contributed by atoms with Gasteiger partial charge in [-0.2, -0.15) is 0 Å². The smallest absolute Gasteiger partial charge is 0.319 e. The van der Waals surface area contributed by atoms with E-state index in [2.05, 4.69) is 10.6 Å². The maximum Gasteiger partial charge on any atom is 0.319 e. The molecule has 7 heteroatoms. The van der Waals surface area contributed by atoms with Crippen molar-refractivity contribution in [2.75, 3.05) is 30.0 Å². The molecule has 6 nitrogen and oxygen atoms in total. The first-order chi connectivity index (χ1) is 10.00. The average molecular weight is 312 g/mol. The van der Waals surface area contributed by atoms with Crippen LogP contribution >= 0.6 is 0 Å². The summed E-state index contributed by atoms with van der Waals surface area (Å²) in [7, 11) is -2.91. The molecule has 0 bridgehead atoms. The Morgan fingerprint density at radius 1 is 1.38 bits per heavy atom. The molecule has 1 aliphatic rings. The molecule has 116 valence electrons. The van der Waals surface area contributed by atoms with E-state index in [1.54, 1.807) is 12.1 Å². The molecule has 0 spiro atoms. The molecule has 1 atom stereocenters. The van der Waals surface area contributed by atoms with Crippen LogP contribution in [0.5, 0.6) is 5.75 Å². The second-order valence-electron chi connectivity index (χ2n) is 5.03. The van der Waals surface area contributed by atoms with E-state index in [1.807, 2.05) is 19.1 Å². The van der Waals surface area contributed by atoms with E-state index in [-0.39, 0.29) is 23.5 Å². The number of nitrogens with one attached hydrogen (secondary N) is 2. The van der Waals surface area contributed by atoms with Crippen LogP contribution in [0.3, 0.4) is 0 Å². The highest BCUT2D eigenvalue weighted by atomic mass is 32.2. The average Bonchev–Trinajstić information content (AvgIpc) is 2.79. The van der Waals surface area contributed by atoms with Gasteiger partial charge in [-0.3, -0.25) is 0 Å². The maximum absolute atomic E-state index is 11.9. The normalized spacial score (nSPS) is 20.0. The lowest BCUT2D eigenvalue weighted by atomic mass is 10.1. The fourth-order valence-electron chi connectivity index (χ4n) is 2.29. The van der Waals surface area contributed by atoms with Crippen LogP contribution in [0, 0.1) is 5.92 Å². The van der Waals surface area contributed by atoms with Crippen LogP contribution in [0.25, 0.3) is 0 Å². The first kappa shape index (κ1) is 15.6. The molecule has 1 aliphatic heterocycles. The van der Waals surface area contributed by atoms with Crippen molar-refractivity contribution in [2.24, 2.45) is 5.92 Å². The minimum atomic E-state index is -2.91. The van der Waals surface area contributed by atoms with E-state index in [0.717, 1.165) is 0 Å². The number of anilines is 1. The lowest BCUT2D eigenvalue weighted by Gasteiger charge is -2.13. The zero-order chi connectivity index (χ0) is 15.3. The van der Waals surface area contributed by atoms with Gasteiger partial charge in [0.05, 0.1) is 23.8 Å². The third kappa shape index (κ3) is 4.63. The summed E-state index contributed by atoms with van der Waals surface area (Å²) < 4.78 is 28.1. The lowest BCUT2D eigenvalue weighted by Crippen LogP contribution is -2.33. The zero-order valence-electron chi connectivity index (χ0n) is 12.0. The second kappa shape index (κ2) is 6.80. The number of sulfone groups is 1. The molecule has 21 heavy (non-hydrogen) atoms. The molecular formula is C14H20N2O4S. The fraction of sp³-hybridized carbons (Fsp3) is 0.500. The van der Waals surface area contributed by atoms with Crippen LogP contribution in [0.15, 0.2) is 24.3 Å². The minimum Gasteiger partial charge on any atom is -0.492 e. The number of benzene rings is 1. The molecule has 0 radical (unpaired) electrons. The number of rotatable bonds is 5. The monoisotopic (exact) mass is 312 g/mol. The molecule has 2 amide bonds. The number of hydrogen-bond acceptors (Lipinski definition) is 4. The maximum atomic E-state index is 11.9. The molecule has 0 saturated carbocycles. The largest absolute Gasteiger partial charge is 0.492 e. The first-order valence-electron chi connectivity index (χ1n) is 6.97. The van der Waals surface area contributed by atoms with E-state index in [0.29, 0.717) is 31.0 Å². The SMILES string of the molecule is CCOc1ccccc1NC(=O)NC[C@@H]1CCS(=O)(=O)C1. The summed E-state index contributed by atoms with van der Waals surface area (Å²) in [6.45, 7) is 2.75. The predicted molar refractivity (Wildman–Crippen MR) is 81.4 cm³/mol. The van der Waals surface area contributed by atoms with Gasteiger partial charge < -0.3 is 15.4 Å². The lowest BCUT2D eigenvalue weighted by molar-refractivity contribution is 0.250. The molecule has 0 aromatic heterocycles. The van der Waals surface area contributed by atoms with Gasteiger partial charge >= 0.3 is 6.03 Å². The van der Waals surface area contributed by atoms with Crippen molar-refractivity contribution in [1.82, 2.24) is 5.32 Å². The van der Waals surface area contributed by atoms with Crippen LogP contribution in [-0.2, 0) is 9.84 Å². The molecule has 1 heterocycles. The molecular weight excluding hydrogens is 292 g/mol. The van der Waals surface area contributed by atoms with Gasteiger partial charge in [0, 0.05) is 6.54 Å². The van der Waals surface area contributed by atoms with E-state index < -0.39 is 9.84 Å². The van der Waals surface area contributed by atoms with Crippen molar-refractivity contribution in [2.45, 2.75) is 13.3 Å². The number of carbonyl (C=O) groups is 1. The van der Waals surface area contributed by atoms with Crippen LogP contribution in [0.1, 0.15) is 13.3 Å². The Labute approximate surface area is 124 Å². The van der Waals surface area contributed by atoms with E-state index in [9.17, 15) is 13.2 Å². The van der Waals surface area contributed by atoms with Gasteiger partial charge in [-0.15, -0.1) is 0 Å². The number of ether oxygens (including phenoxy) is 1. The van der Waals surface area contributed by atoms with Gasteiger partial charge in [-0.05, 0) is 31.4 Å². The van der Waals surface area contributed by atoms with Crippen molar-refractivity contribution < 1.29 is 17.9 Å². The standard InChI is InChI=1S/C14H20N2O4S/c1-2-20-13-6-4-3-5-12(13)16-14(17)15-9-11-7-8-21(18,19)10-11/h3-6,11H,2,7-10H2,1H3,(H2,15,16,17)/t11-/m0/s1. The second-order valence-corrected chi connectivity index (χ2v) is 7.26. The van der Waals surface area contributed by atoms with Gasteiger partial charge in [0.15, 0.2) is 9.84 Å². The zero-order valence-corrected chi connectivity index (χ0v) is 12.8. The first-order valence-corrected chi connectivity index (χ1v) is 8.79. The predicted octanol–water partition coefficient (Wildman–Crippen LogP) is 1.64. The molecule has 1 aromatic carbocycles. The Morgan fingerprint density at radius 3 is 2.81 bits per heavy atom. The Balaban J connectivity index is 1.85. The van der Waals surface area contributed by atoms with Crippen molar-refractivity contribution in [3.8, 4) is 5.75 Å². The summed E-state index contributed by atoms with van der Waals surface area (Å²) in [6.07, 6.45) is 0.609. The Bertz CT molecular complexity index is 601. The van der Waals surface area contributed by atoms with E-state index >= 15 is 0 Å². The highest BCUT2D eigenvalue weighted by molar-refractivity contribution is 7.91. The molecule has 1 saturated heterocycles. The molecule has 2 N–H and O–H groups in total. The molecule has 0 aliphatic carbocycles. The number of para-hydroxylation sites is 2. The Hall–Kier alpha value is -1.76. The minimum absolute atomic E-state index is 0.00267. The third-order valence-corrected chi connectivity index (χ3v) is 5.15. The van der Waals surface area contributed by atoms with E-state index in [4.69, 9.17) is 4.74 Å². The van der Waals surface area contributed by atoms with Crippen LogP contribution < -0.4 is 15.4 Å². The third-order valence-electron chi connectivity index (χ3n) is 3.31.